The number of nitrogens with two attached hydrogens (primary N) is 1. The van der Waals surface area contributed by atoms with E-state index in [1.807, 2.05) is 0 Å². The summed E-state index contributed by atoms with van der Waals surface area (Å²) >= 11 is 0. The zero-order valence-corrected chi connectivity index (χ0v) is 12.9. The Morgan fingerprint density at radius 2 is 1.71 bits per heavy atom. The molecule has 3 N–H and O–H groups in total. The maximum atomic E-state index is 5.71. The topological polar surface area (TPSA) is 41.3 Å². The molecule has 0 amide bonds. The van der Waals surface area contributed by atoms with Gasteiger partial charge in [0.1, 0.15) is 0 Å². The van der Waals surface area contributed by atoms with Crippen molar-refractivity contribution < 1.29 is 0 Å². The highest BCUT2D eigenvalue weighted by Gasteiger charge is 2.40. The Morgan fingerprint density at radius 1 is 1.18 bits per heavy atom. The minimum absolute atomic E-state index is 0.142. The third-order valence-corrected chi connectivity index (χ3v) is 4.18. The van der Waals surface area contributed by atoms with Crippen LogP contribution in [0.15, 0.2) is 0 Å². The van der Waals surface area contributed by atoms with Crippen molar-refractivity contribution in [3.05, 3.63) is 0 Å². The van der Waals surface area contributed by atoms with Crippen LogP contribution in [0, 0.1) is 5.41 Å². The maximum absolute atomic E-state index is 5.71. The number of likely N-dealkylation sites (N-methyl/N-ethyl adjacent to an activating group) is 1. The number of nitrogens with zero attached hydrogens (tertiary/aromatic N) is 1. The molecule has 0 atom stereocenters. The van der Waals surface area contributed by atoms with E-state index in [0.29, 0.717) is 6.04 Å². The van der Waals surface area contributed by atoms with Crippen LogP contribution in [0.1, 0.15) is 48.5 Å². The highest BCUT2D eigenvalue weighted by atomic mass is 15.2. The molecule has 0 fully saturated rings. The van der Waals surface area contributed by atoms with Gasteiger partial charge in [0.05, 0.1) is 0 Å². The Balaban J connectivity index is 4.72. The average molecular weight is 243 g/mol. The van der Waals surface area contributed by atoms with Crippen LogP contribution in [0.25, 0.3) is 0 Å². The van der Waals surface area contributed by atoms with Crippen molar-refractivity contribution in [3.8, 4) is 0 Å². The lowest BCUT2D eigenvalue weighted by Gasteiger charge is -2.49. The molecule has 0 saturated carbocycles. The van der Waals surface area contributed by atoms with Crippen molar-refractivity contribution in [1.29, 1.82) is 0 Å². The quantitative estimate of drug-likeness (QED) is 0.686. The monoisotopic (exact) mass is 243 g/mol. The first kappa shape index (κ1) is 16.9. The molecule has 0 saturated heterocycles. The molecule has 0 aromatic heterocycles. The van der Waals surface area contributed by atoms with E-state index in [0.717, 1.165) is 26.2 Å². The minimum Gasteiger partial charge on any atom is -0.329 e. The molecule has 3 heteroatoms. The first-order valence-corrected chi connectivity index (χ1v) is 6.87. The van der Waals surface area contributed by atoms with E-state index in [4.69, 9.17) is 5.73 Å². The second-order valence-corrected chi connectivity index (χ2v) is 6.35. The molecule has 0 radical (unpaired) electrons. The van der Waals surface area contributed by atoms with Gasteiger partial charge in [-0.1, -0.05) is 34.6 Å². The smallest absolute Gasteiger partial charge is 0.0216 e. The predicted octanol–water partition coefficient (Wildman–Crippen LogP) is 2.07. The van der Waals surface area contributed by atoms with Crippen molar-refractivity contribution in [1.82, 2.24) is 10.2 Å². The van der Waals surface area contributed by atoms with Gasteiger partial charge in [-0.2, -0.15) is 0 Å². The first-order chi connectivity index (χ1) is 7.69. The van der Waals surface area contributed by atoms with Crippen molar-refractivity contribution in [2.24, 2.45) is 11.1 Å². The van der Waals surface area contributed by atoms with Crippen molar-refractivity contribution >= 4 is 0 Å². The molecule has 0 aromatic carbocycles. The fourth-order valence-electron chi connectivity index (χ4n) is 2.09. The lowest BCUT2D eigenvalue weighted by Crippen LogP contribution is -2.58. The van der Waals surface area contributed by atoms with E-state index in [1.54, 1.807) is 0 Å². The molecule has 0 aliphatic heterocycles. The molecule has 0 aliphatic carbocycles. The van der Waals surface area contributed by atoms with E-state index in [-0.39, 0.29) is 11.0 Å². The highest BCUT2D eigenvalue weighted by molar-refractivity contribution is 4.96. The summed E-state index contributed by atoms with van der Waals surface area (Å²) in [6, 6.07) is 0.537. The molecule has 0 spiro atoms. The van der Waals surface area contributed by atoms with E-state index in [1.165, 1.54) is 0 Å². The standard InChI is InChI=1S/C14H33N3/c1-8-17(10-9-15)14(6,7)13(4,5)11-16-12(2)3/h12,16H,8-11,15H2,1-7H3. The third-order valence-electron chi connectivity index (χ3n) is 4.18. The van der Waals surface area contributed by atoms with Gasteiger partial charge in [0.15, 0.2) is 0 Å². The molecule has 0 aromatic rings. The Bertz CT molecular complexity index is 210. The summed E-state index contributed by atoms with van der Waals surface area (Å²) in [7, 11) is 0. The largest absolute Gasteiger partial charge is 0.329 e. The predicted molar refractivity (Wildman–Crippen MR) is 77.3 cm³/mol. The molecule has 104 valence electrons. The zero-order valence-electron chi connectivity index (χ0n) is 12.9. The third kappa shape index (κ3) is 4.57. The number of rotatable bonds is 8. The number of hydrogen-bond donors (Lipinski definition) is 2. The Morgan fingerprint density at radius 3 is 2.06 bits per heavy atom. The van der Waals surface area contributed by atoms with E-state index in [9.17, 15) is 0 Å². The van der Waals surface area contributed by atoms with Crippen LogP contribution >= 0.6 is 0 Å². The molecule has 0 heterocycles. The van der Waals surface area contributed by atoms with Gasteiger partial charge in [-0.15, -0.1) is 0 Å². The van der Waals surface area contributed by atoms with Crippen LogP contribution in [-0.2, 0) is 0 Å². The first-order valence-electron chi connectivity index (χ1n) is 6.87. The molecule has 0 aliphatic rings. The lowest BCUT2D eigenvalue weighted by atomic mass is 9.73. The summed E-state index contributed by atoms with van der Waals surface area (Å²) in [5.74, 6) is 0. The van der Waals surface area contributed by atoms with Crippen LogP contribution in [-0.4, -0.2) is 42.7 Å². The van der Waals surface area contributed by atoms with E-state index >= 15 is 0 Å². The van der Waals surface area contributed by atoms with Crippen molar-refractivity contribution in [2.45, 2.75) is 60.0 Å². The van der Waals surface area contributed by atoms with Gasteiger partial charge in [-0.3, -0.25) is 4.90 Å². The van der Waals surface area contributed by atoms with Crippen LogP contribution < -0.4 is 11.1 Å². The molecular weight excluding hydrogens is 210 g/mol. The lowest BCUT2D eigenvalue weighted by molar-refractivity contribution is 0.0159. The fourth-order valence-corrected chi connectivity index (χ4v) is 2.09. The number of hydrogen-bond acceptors (Lipinski definition) is 3. The van der Waals surface area contributed by atoms with Crippen LogP contribution in [0.2, 0.25) is 0 Å². The van der Waals surface area contributed by atoms with Gasteiger partial charge >= 0.3 is 0 Å². The molecule has 3 nitrogen and oxygen atoms in total. The van der Waals surface area contributed by atoms with Gasteiger partial charge in [-0.25, -0.2) is 0 Å². The molecule has 0 rings (SSSR count). The van der Waals surface area contributed by atoms with Gasteiger partial charge in [0, 0.05) is 31.2 Å². The van der Waals surface area contributed by atoms with E-state index in [2.05, 4.69) is 58.7 Å². The van der Waals surface area contributed by atoms with Crippen LogP contribution in [0.3, 0.4) is 0 Å². The second kappa shape index (κ2) is 6.72. The van der Waals surface area contributed by atoms with Crippen LogP contribution in [0.5, 0.6) is 0 Å². The normalized spacial score (nSPS) is 13.8. The van der Waals surface area contributed by atoms with Gasteiger partial charge in [0.2, 0.25) is 0 Å². The van der Waals surface area contributed by atoms with E-state index < -0.39 is 0 Å². The minimum atomic E-state index is 0.142. The molecular formula is C14H33N3. The summed E-state index contributed by atoms with van der Waals surface area (Å²) in [6.07, 6.45) is 0. The number of nitrogens with one attached hydrogen (secondary N) is 1. The fraction of sp³-hybridized carbons (Fsp3) is 1.00. The van der Waals surface area contributed by atoms with Gasteiger partial charge in [0.25, 0.3) is 0 Å². The van der Waals surface area contributed by atoms with Crippen molar-refractivity contribution in [3.63, 3.8) is 0 Å². The summed E-state index contributed by atoms with van der Waals surface area (Å²) < 4.78 is 0. The van der Waals surface area contributed by atoms with Crippen molar-refractivity contribution in [2.75, 3.05) is 26.2 Å². The Kier molecular flexibility index (Phi) is 6.67. The average Bonchev–Trinajstić information content (AvgIpc) is 2.22. The Labute approximate surface area is 108 Å². The summed E-state index contributed by atoms with van der Waals surface area (Å²) in [4.78, 5) is 2.48. The van der Waals surface area contributed by atoms with Gasteiger partial charge < -0.3 is 11.1 Å². The molecule has 0 unspecified atom stereocenters. The summed E-state index contributed by atoms with van der Waals surface area (Å²) in [5, 5.41) is 3.56. The van der Waals surface area contributed by atoms with Crippen LogP contribution in [0.4, 0.5) is 0 Å². The highest BCUT2D eigenvalue weighted by Crippen LogP contribution is 2.35. The SMILES string of the molecule is CCN(CCN)C(C)(C)C(C)(C)CNC(C)C. The second-order valence-electron chi connectivity index (χ2n) is 6.35. The van der Waals surface area contributed by atoms with Gasteiger partial charge in [-0.05, 0) is 25.8 Å². The zero-order chi connectivity index (χ0) is 13.7. The maximum Gasteiger partial charge on any atom is 0.0216 e. The molecule has 0 bridgehead atoms. The molecule has 17 heavy (non-hydrogen) atoms. The summed E-state index contributed by atoms with van der Waals surface area (Å²) in [5.41, 5.74) is 6.06. The summed E-state index contributed by atoms with van der Waals surface area (Å²) in [6.45, 7) is 19.7. The Hall–Kier alpha value is -0.120.